The molecule has 9 aromatic rings. The van der Waals surface area contributed by atoms with Crippen molar-refractivity contribution in [3.05, 3.63) is 187 Å². The van der Waals surface area contributed by atoms with Gasteiger partial charge in [-0.2, -0.15) is 0 Å². The van der Waals surface area contributed by atoms with E-state index in [-0.39, 0.29) is 5.41 Å². The van der Waals surface area contributed by atoms with Gasteiger partial charge in [0, 0.05) is 42.6 Å². The van der Waals surface area contributed by atoms with Gasteiger partial charge in [0.2, 0.25) is 0 Å². The molecule has 1 nitrogen and oxygen atoms in total. The second kappa shape index (κ2) is 11.6. The third-order valence-corrected chi connectivity index (χ3v) is 12.0. The van der Waals surface area contributed by atoms with Crippen LogP contribution in [0.1, 0.15) is 25.0 Å². The van der Waals surface area contributed by atoms with Crippen LogP contribution >= 0.6 is 11.3 Å². The van der Waals surface area contributed by atoms with E-state index < -0.39 is 0 Å². The monoisotopic (exact) mass is 669 g/mol. The summed E-state index contributed by atoms with van der Waals surface area (Å²) in [4.78, 5) is 2.41. The van der Waals surface area contributed by atoms with Crippen molar-refractivity contribution in [3.63, 3.8) is 0 Å². The first-order chi connectivity index (χ1) is 25.0. The third kappa shape index (κ3) is 4.82. The molecule has 51 heavy (non-hydrogen) atoms. The number of anilines is 3. The fourth-order valence-corrected chi connectivity index (χ4v) is 9.36. The summed E-state index contributed by atoms with van der Waals surface area (Å²) in [6.45, 7) is 4.70. The minimum atomic E-state index is -0.0295. The molecule has 0 amide bonds. The molecule has 0 saturated heterocycles. The summed E-state index contributed by atoms with van der Waals surface area (Å²) in [6, 6.07) is 64.9. The molecule has 1 aliphatic carbocycles. The number of hydrogen-bond acceptors (Lipinski definition) is 2. The van der Waals surface area contributed by atoms with Crippen LogP contribution in [0.25, 0.3) is 64.3 Å². The van der Waals surface area contributed by atoms with Crippen molar-refractivity contribution < 1.29 is 0 Å². The third-order valence-electron chi connectivity index (χ3n) is 10.9. The Morgan fingerprint density at radius 2 is 1.04 bits per heavy atom. The highest BCUT2D eigenvalue weighted by Crippen LogP contribution is 2.50. The molecule has 0 fully saturated rings. The number of benzene rings is 8. The second-order valence-electron chi connectivity index (χ2n) is 14.2. The predicted octanol–water partition coefficient (Wildman–Crippen LogP) is 14.3. The smallest absolute Gasteiger partial charge is 0.0468 e. The van der Waals surface area contributed by atoms with E-state index in [9.17, 15) is 0 Å². The molecular weight excluding hydrogens is 635 g/mol. The van der Waals surface area contributed by atoms with Gasteiger partial charge >= 0.3 is 0 Å². The Morgan fingerprint density at radius 1 is 0.392 bits per heavy atom. The molecule has 1 aromatic heterocycles. The van der Waals surface area contributed by atoms with Gasteiger partial charge in [0.25, 0.3) is 0 Å². The lowest BCUT2D eigenvalue weighted by atomic mass is 9.81. The highest BCUT2D eigenvalue weighted by molar-refractivity contribution is 7.25. The summed E-state index contributed by atoms with van der Waals surface area (Å²) in [5.74, 6) is 0. The van der Waals surface area contributed by atoms with E-state index in [0.717, 1.165) is 17.1 Å². The highest BCUT2D eigenvalue weighted by Gasteiger charge is 2.35. The van der Waals surface area contributed by atoms with Crippen molar-refractivity contribution in [1.29, 1.82) is 0 Å². The average Bonchev–Trinajstić information content (AvgIpc) is 3.66. The lowest BCUT2D eigenvalue weighted by molar-refractivity contribution is 0.660. The van der Waals surface area contributed by atoms with Crippen molar-refractivity contribution in [2.75, 3.05) is 4.90 Å². The van der Waals surface area contributed by atoms with Crippen LogP contribution in [0.5, 0.6) is 0 Å². The molecule has 10 rings (SSSR count). The molecule has 1 aliphatic rings. The number of hydrogen-bond donors (Lipinski definition) is 0. The van der Waals surface area contributed by atoms with Gasteiger partial charge in [0.1, 0.15) is 0 Å². The molecule has 8 aromatic carbocycles. The van der Waals surface area contributed by atoms with E-state index in [1.165, 1.54) is 75.5 Å². The number of nitrogens with zero attached hydrogens (tertiary/aromatic N) is 1. The minimum Gasteiger partial charge on any atom is -0.310 e. The Balaban J connectivity index is 1.10. The molecule has 1 heterocycles. The van der Waals surface area contributed by atoms with Gasteiger partial charge < -0.3 is 4.90 Å². The SMILES string of the molecule is CC1(C)c2ccccc2-c2ccc(-c3ccc(N(c4cccc(-c5cccc6ccccc56)c4)c4ccc5sc6ccccc6c5c4)cc3)cc21. The van der Waals surface area contributed by atoms with Crippen LogP contribution in [0, 0.1) is 0 Å². The average molecular weight is 670 g/mol. The number of fused-ring (bicyclic) bond motifs is 7. The molecule has 0 aliphatic heterocycles. The first kappa shape index (κ1) is 29.9. The maximum Gasteiger partial charge on any atom is 0.0468 e. The Kier molecular flexibility index (Phi) is 6.78. The van der Waals surface area contributed by atoms with Crippen molar-refractivity contribution >= 4 is 59.3 Å². The van der Waals surface area contributed by atoms with Gasteiger partial charge in [0.15, 0.2) is 0 Å². The quantitative estimate of drug-likeness (QED) is 0.176. The van der Waals surface area contributed by atoms with E-state index in [4.69, 9.17) is 0 Å². The van der Waals surface area contributed by atoms with Crippen LogP contribution < -0.4 is 4.90 Å². The van der Waals surface area contributed by atoms with Crippen LogP contribution in [0.2, 0.25) is 0 Å². The Labute approximate surface area is 302 Å². The van der Waals surface area contributed by atoms with E-state index in [1.54, 1.807) is 0 Å². The van der Waals surface area contributed by atoms with E-state index >= 15 is 0 Å². The minimum absolute atomic E-state index is 0.0295. The largest absolute Gasteiger partial charge is 0.310 e. The summed E-state index contributed by atoms with van der Waals surface area (Å²) in [5, 5.41) is 5.11. The molecule has 0 unspecified atom stereocenters. The predicted molar refractivity (Wildman–Crippen MR) is 220 cm³/mol. The Hall–Kier alpha value is -5.96. The van der Waals surface area contributed by atoms with E-state index in [0.29, 0.717) is 0 Å². The molecule has 0 spiro atoms. The molecular formula is C49H35NS. The Morgan fingerprint density at radius 3 is 1.94 bits per heavy atom. The first-order valence-corrected chi connectivity index (χ1v) is 18.5. The zero-order chi connectivity index (χ0) is 34.1. The summed E-state index contributed by atoms with van der Waals surface area (Å²) < 4.78 is 2.63. The fraction of sp³-hybridized carbons (Fsp3) is 0.0612. The molecule has 0 saturated carbocycles. The molecule has 2 heteroatoms. The van der Waals surface area contributed by atoms with Crippen LogP contribution in [0.15, 0.2) is 176 Å². The van der Waals surface area contributed by atoms with Crippen molar-refractivity contribution in [1.82, 2.24) is 0 Å². The summed E-state index contributed by atoms with van der Waals surface area (Å²) >= 11 is 1.86. The molecule has 0 atom stereocenters. The Bertz CT molecular complexity index is 2780. The van der Waals surface area contributed by atoms with Crippen molar-refractivity contribution in [2.24, 2.45) is 0 Å². The van der Waals surface area contributed by atoms with Gasteiger partial charge in [-0.05, 0) is 110 Å². The van der Waals surface area contributed by atoms with Crippen LogP contribution in [-0.2, 0) is 5.41 Å². The maximum absolute atomic E-state index is 2.41. The normalized spacial score (nSPS) is 13.1. The van der Waals surface area contributed by atoms with Crippen molar-refractivity contribution in [3.8, 4) is 33.4 Å². The topological polar surface area (TPSA) is 3.24 Å². The molecule has 242 valence electrons. The summed E-state index contributed by atoms with van der Waals surface area (Å²) in [7, 11) is 0. The zero-order valence-corrected chi connectivity index (χ0v) is 29.4. The second-order valence-corrected chi connectivity index (χ2v) is 15.3. The van der Waals surface area contributed by atoms with Crippen LogP contribution in [0.4, 0.5) is 17.1 Å². The van der Waals surface area contributed by atoms with Gasteiger partial charge in [-0.15, -0.1) is 11.3 Å². The maximum atomic E-state index is 2.41. The lowest BCUT2D eigenvalue weighted by Gasteiger charge is -2.26. The molecule has 0 radical (unpaired) electrons. The zero-order valence-electron chi connectivity index (χ0n) is 28.6. The van der Waals surface area contributed by atoms with Gasteiger partial charge in [-0.25, -0.2) is 0 Å². The van der Waals surface area contributed by atoms with Gasteiger partial charge in [0.05, 0.1) is 0 Å². The van der Waals surface area contributed by atoms with E-state index in [2.05, 4.69) is 195 Å². The van der Waals surface area contributed by atoms with Gasteiger partial charge in [-0.1, -0.05) is 135 Å². The number of rotatable bonds is 5. The number of thiophene rings is 1. The van der Waals surface area contributed by atoms with Crippen molar-refractivity contribution in [2.45, 2.75) is 19.3 Å². The van der Waals surface area contributed by atoms with E-state index in [1.807, 2.05) is 11.3 Å². The lowest BCUT2D eigenvalue weighted by Crippen LogP contribution is -2.14. The van der Waals surface area contributed by atoms with Crippen LogP contribution in [0.3, 0.4) is 0 Å². The molecule has 0 bridgehead atoms. The summed E-state index contributed by atoms with van der Waals surface area (Å²) in [6.07, 6.45) is 0. The first-order valence-electron chi connectivity index (χ1n) is 17.7. The van der Waals surface area contributed by atoms with Gasteiger partial charge in [-0.3, -0.25) is 0 Å². The highest BCUT2D eigenvalue weighted by atomic mass is 32.1. The standard InChI is InChI=1S/C49H35NS/c1-49(2)45-19-7-5-16-41(45)42-27-23-34(30-46(42)49)32-21-24-36(25-22-32)50(38-26-28-48-44(31-38)43-17-6-8-20-47(43)51-48)37-14-9-13-35(29-37)40-18-10-12-33-11-3-4-15-39(33)40/h3-31H,1-2H3. The fourth-order valence-electron chi connectivity index (χ4n) is 8.28. The molecule has 0 N–H and O–H groups in total. The van der Waals surface area contributed by atoms with Crippen LogP contribution in [-0.4, -0.2) is 0 Å². The summed E-state index contributed by atoms with van der Waals surface area (Å²) in [5.41, 5.74) is 13.8.